The van der Waals surface area contributed by atoms with Crippen LogP contribution in [0.4, 0.5) is 4.79 Å². The molecule has 0 atom stereocenters. The van der Waals surface area contributed by atoms with Crippen LogP contribution in [0, 0.1) is 0 Å². The minimum Gasteiger partial charge on any atom is -0.444 e. The largest absolute Gasteiger partial charge is 0.444 e. The molecule has 0 fully saturated rings. The predicted molar refractivity (Wildman–Crippen MR) is 131 cm³/mol. The molecular weight excluding hydrogens is 468 g/mol. The number of nitrogens with one attached hydrogen (secondary N) is 2. The first-order valence-electron chi connectivity index (χ1n) is 12.0. The van der Waals surface area contributed by atoms with Gasteiger partial charge in [0, 0.05) is 25.6 Å². The minimum absolute atomic E-state index is 0.239. The Kier molecular flexibility index (Phi) is 23.0. The predicted octanol–water partition coefficient (Wildman–Crippen LogP) is 2.51. The molecule has 0 aliphatic carbocycles. The van der Waals surface area contributed by atoms with Crippen LogP contribution < -0.4 is 10.6 Å². The molecule has 10 nitrogen and oxygen atoms in total. The van der Waals surface area contributed by atoms with Crippen LogP contribution in [0.25, 0.3) is 0 Å². The molecular formula is C23H45ClN2O8. The lowest BCUT2D eigenvalue weighted by molar-refractivity contribution is -0.125. The number of halogens is 1. The fraction of sp³-hybridized carbons (Fsp3) is 0.913. The van der Waals surface area contributed by atoms with Gasteiger partial charge >= 0.3 is 6.09 Å². The van der Waals surface area contributed by atoms with Crippen molar-refractivity contribution in [1.82, 2.24) is 10.6 Å². The summed E-state index contributed by atoms with van der Waals surface area (Å²) in [6, 6.07) is 0. The van der Waals surface area contributed by atoms with Crippen molar-refractivity contribution in [3.05, 3.63) is 0 Å². The molecule has 0 aliphatic heterocycles. The molecule has 0 bridgehead atoms. The maximum absolute atomic E-state index is 11.5. The Morgan fingerprint density at radius 3 is 1.74 bits per heavy atom. The second kappa shape index (κ2) is 23.7. The highest BCUT2D eigenvalue weighted by atomic mass is 35.5. The number of alkyl halides is 1. The third-order valence-electron chi connectivity index (χ3n) is 4.01. The summed E-state index contributed by atoms with van der Waals surface area (Å²) in [7, 11) is 0. The standard InChI is InChI=1S/C23H45ClN2O8/c1-23(2,3)34-22(28)26-21(27)20-33-19-18-32-17-16-31-13-10-25-9-12-30-15-14-29-11-7-5-4-6-8-24/h25H,4-20H2,1-3H3,(H,26,27,28). The molecule has 0 heterocycles. The van der Waals surface area contributed by atoms with Crippen molar-refractivity contribution in [1.29, 1.82) is 0 Å². The van der Waals surface area contributed by atoms with Crippen molar-refractivity contribution in [3.8, 4) is 0 Å². The van der Waals surface area contributed by atoms with Crippen molar-refractivity contribution in [2.24, 2.45) is 0 Å². The molecule has 0 saturated heterocycles. The Hall–Kier alpha value is -1.01. The molecule has 0 aromatic carbocycles. The van der Waals surface area contributed by atoms with E-state index in [1.54, 1.807) is 20.8 Å². The van der Waals surface area contributed by atoms with Gasteiger partial charge in [0.25, 0.3) is 5.91 Å². The van der Waals surface area contributed by atoms with Gasteiger partial charge in [0.1, 0.15) is 12.2 Å². The first-order chi connectivity index (χ1) is 16.3. The van der Waals surface area contributed by atoms with Gasteiger partial charge in [0.15, 0.2) is 0 Å². The van der Waals surface area contributed by atoms with Gasteiger partial charge in [-0.3, -0.25) is 10.1 Å². The second-order valence-corrected chi connectivity index (χ2v) is 8.78. The zero-order valence-electron chi connectivity index (χ0n) is 21.2. The lowest BCUT2D eigenvalue weighted by Crippen LogP contribution is -2.38. The van der Waals surface area contributed by atoms with E-state index < -0.39 is 17.6 Å². The highest BCUT2D eigenvalue weighted by Gasteiger charge is 2.17. The van der Waals surface area contributed by atoms with Crippen LogP contribution >= 0.6 is 11.6 Å². The maximum atomic E-state index is 11.5. The van der Waals surface area contributed by atoms with Gasteiger partial charge in [0.2, 0.25) is 0 Å². The van der Waals surface area contributed by atoms with Crippen LogP contribution in [-0.4, -0.2) is 103 Å². The Bertz CT molecular complexity index is 492. The monoisotopic (exact) mass is 512 g/mol. The minimum atomic E-state index is -0.790. The maximum Gasteiger partial charge on any atom is 0.414 e. The van der Waals surface area contributed by atoms with Crippen molar-refractivity contribution < 1.29 is 38.0 Å². The fourth-order valence-electron chi connectivity index (χ4n) is 2.45. The summed E-state index contributed by atoms with van der Waals surface area (Å²) in [4.78, 5) is 23.0. The van der Waals surface area contributed by atoms with E-state index in [2.05, 4.69) is 10.6 Å². The van der Waals surface area contributed by atoms with E-state index in [-0.39, 0.29) is 13.2 Å². The summed E-state index contributed by atoms with van der Waals surface area (Å²) >= 11 is 5.63. The van der Waals surface area contributed by atoms with Crippen LogP contribution in [0.1, 0.15) is 46.5 Å². The highest BCUT2D eigenvalue weighted by Crippen LogP contribution is 2.06. The zero-order chi connectivity index (χ0) is 25.3. The zero-order valence-corrected chi connectivity index (χ0v) is 21.9. The van der Waals surface area contributed by atoms with Crippen molar-refractivity contribution in [3.63, 3.8) is 0 Å². The number of unbranched alkanes of at least 4 members (excludes halogenated alkanes) is 3. The Balaban J connectivity index is 3.20. The van der Waals surface area contributed by atoms with Crippen molar-refractivity contribution >= 4 is 23.6 Å². The van der Waals surface area contributed by atoms with Gasteiger partial charge in [-0.15, -0.1) is 11.6 Å². The van der Waals surface area contributed by atoms with Gasteiger partial charge in [-0.1, -0.05) is 12.8 Å². The number of ether oxygens (including phenoxy) is 6. The van der Waals surface area contributed by atoms with E-state index in [0.717, 1.165) is 38.4 Å². The number of imide groups is 1. The second-order valence-electron chi connectivity index (χ2n) is 8.41. The normalized spacial score (nSPS) is 11.5. The quantitative estimate of drug-likeness (QED) is 0.157. The summed E-state index contributed by atoms with van der Waals surface area (Å²) in [5.41, 5.74) is -0.661. The molecule has 0 aromatic heterocycles. The van der Waals surface area contributed by atoms with Crippen LogP contribution in [0.5, 0.6) is 0 Å². The van der Waals surface area contributed by atoms with Crippen LogP contribution in [0.3, 0.4) is 0 Å². The van der Waals surface area contributed by atoms with Crippen LogP contribution in [-0.2, 0) is 33.2 Å². The molecule has 11 heteroatoms. The summed E-state index contributed by atoms with van der Waals surface area (Å²) in [6.45, 7) is 11.1. The molecule has 2 amide bonds. The Morgan fingerprint density at radius 2 is 1.18 bits per heavy atom. The summed E-state index contributed by atoms with van der Waals surface area (Å²) in [5.74, 6) is 0.179. The number of alkyl carbamates (subject to hydrolysis) is 1. The summed E-state index contributed by atoms with van der Waals surface area (Å²) < 4.78 is 31.9. The van der Waals surface area contributed by atoms with E-state index in [4.69, 9.17) is 40.0 Å². The Morgan fingerprint density at radius 1 is 0.676 bits per heavy atom. The fourth-order valence-corrected chi connectivity index (χ4v) is 2.64. The first kappa shape index (κ1) is 33.0. The molecule has 0 spiro atoms. The van der Waals surface area contributed by atoms with Crippen molar-refractivity contribution in [2.45, 2.75) is 52.1 Å². The van der Waals surface area contributed by atoms with Gasteiger partial charge < -0.3 is 33.7 Å². The van der Waals surface area contributed by atoms with Crippen molar-refractivity contribution in [2.75, 3.05) is 85.0 Å². The molecule has 0 aliphatic rings. The van der Waals surface area contributed by atoms with Crippen LogP contribution in [0.15, 0.2) is 0 Å². The van der Waals surface area contributed by atoms with E-state index in [1.165, 1.54) is 12.8 Å². The molecule has 0 radical (unpaired) electrons. The smallest absolute Gasteiger partial charge is 0.414 e. The lowest BCUT2D eigenvalue weighted by Gasteiger charge is -2.19. The van der Waals surface area contributed by atoms with E-state index in [0.29, 0.717) is 46.2 Å². The summed E-state index contributed by atoms with van der Waals surface area (Å²) in [5, 5.41) is 5.33. The van der Waals surface area contributed by atoms with Gasteiger partial charge in [0.05, 0.1) is 52.9 Å². The molecule has 202 valence electrons. The van der Waals surface area contributed by atoms with Gasteiger partial charge in [-0.2, -0.15) is 0 Å². The van der Waals surface area contributed by atoms with E-state index in [9.17, 15) is 9.59 Å². The summed E-state index contributed by atoms with van der Waals surface area (Å²) in [6.07, 6.45) is 3.70. The molecule has 2 N–H and O–H groups in total. The first-order valence-corrected chi connectivity index (χ1v) is 12.6. The molecule has 0 unspecified atom stereocenters. The number of amides is 2. The topological polar surface area (TPSA) is 114 Å². The number of hydrogen-bond acceptors (Lipinski definition) is 9. The number of rotatable bonds is 23. The number of carbonyl (C=O) groups is 2. The Labute approximate surface area is 209 Å². The third-order valence-corrected chi connectivity index (χ3v) is 4.28. The molecule has 34 heavy (non-hydrogen) atoms. The molecule has 0 rings (SSSR count). The average molecular weight is 513 g/mol. The highest BCUT2D eigenvalue weighted by molar-refractivity contribution is 6.17. The van der Waals surface area contributed by atoms with E-state index >= 15 is 0 Å². The average Bonchev–Trinajstić information content (AvgIpc) is 2.75. The van der Waals surface area contributed by atoms with Gasteiger partial charge in [-0.05, 0) is 33.6 Å². The van der Waals surface area contributed by atoms with Gasteiger partial charge in [-0.25, -0.2) is 4.79 Å². The molecule has 0 aromatic rings. The van der Waals surface area contributed by atoms with Crippen LogP contribution in [0.2, 0.25) is 0 Å². The third kappa shape index (κ3) is 27.2. The number of hydrogen-bond donors (Lipinski definition) is 2. The van der Waals surface area contributed by atoms with E-state index in [1.807, 2.05) is 0 Å². The molecule has 0 saturated carbocycles. The number of carbonyl (C=O) groups excluding carboxylic acids is 2. The lowest BCUT2D eigenvalue weighted by atomic mass is 10.2. The SMILES string of the molecule is CC(C)(C)OC(=O)NC(=O)COCCOCCOCCNCCOCCOCCCCCCCl.